The number of hydrogen-bond donors (Lipinski definition) is 2. The highest BCUT2D eigenvalue weighted by Gasteiger charge is 2.32. The molecule has 1 heterocycles. The number of methoxy groups -OCH3 is 1. The van der Waals surface area contributed by atoms with E-state index in [-0.39, 0.29) is 18.8 Å². The topological polar surface area (TPSA) is 94.1 Å². The van der Waals surface area contributed by atoms with Crippen LogP contribution in [0.3, 0.4) is 0 Å². The number of nitrogens with one attached hydrogen (secondary N) is 1. The molecule has 7 heteroatoms. The zero-order chi connectivity index (χ0) is 17.0. The third kappa shape index (κ3) is 4.35. The third-order valence-electron chi connectivity index (χ3n) is 3.46. The number of hydrogen-bond acceptors (Lipinski definition) is 5. The number of ether oxygens (including phenoxy) is 3. The maximum Gasteiger partial charge on any atom is 0.334 e. The van der Waals surface area contributed by atoms with E-state index in [0.717, 1.165) is 12.0 Å². The largest absolute Gasteiger partial charge is 0.483 e. The molecule has 0 spiro atoms. The summed E-state index contributed by atoms with van der Waals surface area (Å²) in [5, 5.41) is 11.3. The molecular formula is C16H21NO6. The summed E-state index contributed by atoms with van der Waals surface area (Å²) in [4.78, 5) is 22.5. The van der Waals surface area contributed by atoms with Gasteiger partial charge in [0.2, 0.25) is 0 Å². The average molecular weight is 323 g/mol. The lowest BCUT2D eigenvalue weighted by molar-refractivity contribution is -0.148. The highest BCUT2D eigenvalue weighted by Crippen LogP contribution is 2.41. The Kier molecular flexibility index (Phi) is 5.10. The third-order valence-corrected chi connectivity index (χ3v) is 3.46. The Morgan fingerprint density at radius 1 is 1.43 bits per heavy atom. The Balaban J connectivity index is 1.89. The summed E-state index contributed by atoms with van der Waals surface area (Å²) in [6, 6.07) is 5.55. The molecule has 2 N–H and O–H groups in total. The number of rotatable bonds is 7. The second-order valence-electron chi connectivity index (χ2n) is 5.94. The summed E-state index contributed by atoms with van der Waals surface area (Å²) in [6.07, 6.45) is -0.302. The van der Waals surface area contributed by atoms with E-state index in [0.29, 0.717) is 11.5 Å². The van der Waals surface area contributed by atoms with Crippen molar-refractivity contribution in [3.8, 4) is 11.5 Å². The van der Waals surface area contributed by atoms with Gasteiger partial charge in [-0.2, -0.15) is 0 Å². The quantitative estimate of drug-likeness (QED) is 0.777. The molecule has 0 radical (unpaired) electrons. The minimum absolute atomic E-state index is 0.121. The zero-order valence-corrected chi connectivity index (χ0v) is 13.4. The monoisotopic (exact) mass is 323 g/mol. The van der Waals surface area contributed by atoms with Gasteiger partial charge < -0.3 is 24.6 Å². The van der Waals surface area contributed by atoms with E-state index < -0.39 is 18.0 Å². The van der Waals surface area contributed by atoms with Crippen LogP contribution in [0.2, 0.25) is 0 Å². The lowest BCUT2D eigenvalue weighted by Gasteiger charge is -2.18. The number of benzene rings is 1. The van der Waals surface area contributed by atoms with Gasteiger partial charge in [0.1, 0.15) is 5.60 Å². The minimum atomic E-state index is -1.13. The molecule has 1 aliphatic rings. The van der Waals surface area contributed by atoms with Crippen LogP contribution in [0.4, 0.5) is 0 Å². The van der Waals surface area contributed by atoms with E-state index in [1.807, 2.05) is 26.0 Å². The minimum Gasteiger partial charge on any atom is -0.483 e. The van der Waals surface area contributed by atoms with Crippen molar-refractivity contribution in [3.05, 3.63) is 23.8 Å². The summed E-state index contributed by atoms with van der Waals surface area (Å²) in [5.41, 5.74) is 0.746. The first-order valence-electron chi connectivity index (χ1n) is 7.28. The molecule has 1 aliphatic heterocycles. The summed E-state index contributed by atoms with van der Waals surface area (Å²) < 4.78 is 16.1. The molecule has 2 rings (SSSR count). The van der Waals surface area contributed by atoms with Crippen LogP contribution in [-0.4, -0.2) is 48.9 Å². The van der Waals surface area contributed by atoms with Gasteiger partial charge >= 0.3 is 5.97 Å². The van der Waals surface area contributed by atoms with Gasteiger partial charge in [-0.05, 0) is 19.9 Å². The number of amides is 1. The highest BCUT2D eigenvalue weighted by atomic mass is 16.5. The zero-order valence-electron chi connectivity index (χ0n) is 13.4. The van der Waals surface area contributed by atoms with Crippen molar-refractivity contribution >= 4 is 11.9 Å². The molecular weight excluding hydrogens is 302 g/mol. The van der Waals surface area contributed by atoms with E-state index in [1.54, 1.807) is 6.07 Å². The normalized spacial score (nSPS) is 16.1. The number of para-hydroxylation sites is 1. The van der Waals surface area contributed by atoms with Gasteiger partial charge in [0, 0.05) is 19.1 Å². The summed E-state index contributed by atoms with van der Waals surface area (Å²) in [6.45, 7) is 3.63. The van der Waals surface area contributed by atoms with Gasteiger partial charge in [0.05, 0.1) is 6.54 Å². The maximum absolute atomic E-state index is 11.8. The number of carboxylic acids is 1. The Hall–Kier alpha value is -2.28. The smallest absolute Gasteiger partial charge is 0.334 e. The van der Waals surface area contributed by atoms with Gasteiger partial charge in [0.25, 0.3) is 5.91 Å². The fourth-order valence-corrected chi connectivity index (χ4v) is 2.37. The van der Waals surface area contributed by atoms with Crippen LogP contribution in [0.5, 0.6) is 11.5 Å². The molecule has 1 aromatic carbocycles. The molecule has 1 aromatic rings. The first-order chi connectivity index (χ1) is 10.8. The molecule has 1 amide bonds. The molecule has 1 unspecified atom stereocenters. The highest BCUT2D eigenvalue weighted by molar-refractivity contribution is 5.79. The van der Waals surface area contributed by atoms with Gasteiger partial charge in [-0.15, -0.1) is 0 Å². The van der Waals surface area contributed by atoms with Crippen molar-refractivity contribution in [2.24, 2.45) is 0 Å². The molecule has 7 nitrogen and oxygen atoms in total. The van der Waals surface area contributed by atoms with E-state index >= 15 is 0 Å². The Bertz CT molecular complexity index is 598. The van der Waals surface area contributed by atoms with E-state index in [4.69, 9.17) is 19.3 Å². The second kappa shape index (κ2) is 6.87. The Morgan fingerprint density at radius 2 is 2.17 bits per heavy atom. The lowest BCUT2D eigenvalue weighted by atomic mass is 10.0. The van der Waals surface area contributed by atoms with Crippen LogP contribution in [-0.2, 0) is 20.7 Å². The van der Waals surface area contributed by atoms with Gasteiger partial charge in [-0.3, -0.25) is 4.79 Å². The SMILES string of the molecule is COC(CNC(=O)COc1cccc2c1OC(C)(C)C2)C(=O)O. The first-order valence-corrected chi connectivity index (χ1v) is 7.28. The fourth-order valence-electron chi connectivity index (χ4n) is 2.37. The molecule has 0 saturated carbocycles. The standard InChI is InChI=1S/C16H21NO6/c1-16(2)7-10-5-4-6-11(14(10)23-16)22-9-13(18)17-8-12(21-3)15(19)20/h4-6,12H,7-9H2,1-3H3,(H,17,18)(H,19,20). The van der Waals surface area contributed by atoms with Crippen molar-refractivity contribution in [3.63, 3.8) is 0 Å². The predicted molar refractivity (Wildman–Crippen MR) is 81.8 cm³/mol. The van der Waals surface area contributed by atoms with Gasteiger partial charge in [0.15, 0.2) is 24.2 Å². The Labute approximate surface area is 134 Å². The van der Waals surface area contributed by atoms with Crippen molar-refractivity contribution in [2.75, 3.05) is 20.3 Å². The van der Waals surface area contributed by atoms with E-state index in [2.05, 4.69) is 5.32 Å². The fraction of sp³-hybridized carbons (Fsp3) is 0.500. The van der Waals surface area contributed by atoms with E-state index in [9.17, 15) is 9.59 Å². The van der Waals surface area contributed by atoms with Crippen LogP contribution >= 0.6 is 0 Å². The number of fused-ring (bicyclic) bond motifs is 1. The van der Waals surface area contributed by atoms with Gasteiger partial charge in [-0.1, -0.05) is 12.1 Å². The molecule has 0 saturated heterocycles. The van der Waals surface area contributed by atoms with Crippen molar-refractivity contribution in [2.45, 2.75) is 32.0 Å². The number of carbonyl (C=O) groups is 2. The molecule has 23 heavy (non-hydrogen) atoms. The van der Waals surface area contributed by atoms with Crippen LogP contribution in [0.15, 0.2) is 18.2 Å². The predicted octanol–water partition coefficient (Wildman–Crippen LogP) is 0.995. The maximum atomic E-state index is 11.8. The molecule has 126 valence electrons. The summed E-state index contributed by atoms with van der Waals surface area (Å²) in [5.74, 6) is -0.399. The van der Waals surface area contributed by atoms with E-state index in [1.165, 1.54) is 7.11 Å². The summed E-state index contributed by atoms with van der Waals surface area (Å²) in [7, 11) is 1.27. The van der Waals surface area contributed by atoms with Crippen LogP contribution in [0.25, 0.3) is 0 Å². The van der Waals surface area contributed by atoms with Crippen molar-refractivity contribution in [1.29, 1.82) is 0 Å². The average Bonchev–Trinajstić information content (AvgIpc) is 2.79. The molecule has 0 bridgehead atoms. The van der Waals surface area contributed by atoms with Crippen LogP contribution < -0.4 is 14.8 Å². The molecule has 1 atom stereocenters. The van der Waals surface area contributed by atoms with Crippen molar-refractivity contribution < 1.29 is 28.9 Å². The van der Waals surface area contributed by atoms with Gasteiger partial charge in [-0.25, -0.2) is 4.79 Å². The number of aliphatic carboxylic acids is 1. The summed E-state index contributed by atoms with van der Waals surface area (Å²) >= 11 is 0. The van der Waals surface area contributed by atoms with Crippen LogP contribution in [0, 0.1) is 0 Å². The number of carboxylic acid groups (broad SMARTS) is 1. The second-order valence-corrected chi connectivity index (χ2v) is 5.94. The lowest BCUT2D eigenvalue weighted by Crippen LogP contribution is -2.39. The first kappa shape index (κ1) is 17.1. The molecule has 0 fully saturated rings. The molecule has 0 aliphatic carbocycles. The van der Waals surface area contributed by atoms with Crippen LogP contribution in [0.1, 0.15) is 19.4 Å². The number of carbonyl (C=O) groups excluding carboxylic acids is 1. The van der Waals surface area contributed by atoms with Crippen molar-refractivity contribution in [1.82, 2.24) is 5.32 Å². The molecule has 0 aromatic heterocycles. The Morgan fingerprint density at radius 3 is 2.83 bits per heavy atom.